The first kappa shape index (κ1) is 12.8. The molecule has 0 aromatic carbocycles. The second-order valence-electron chi connectivity index (χ2n) is 4.69. The van der Waals surface area contributed by atoms with Gasteiger partial charge in [-0.05, 0) is 33.2 Å². The van der Waals surface area contributed by atoms with Crippen molar-refractivity contribution < 1.29 is 0 Å². The van der Waals surface area contributed by atoms with Crippen LogP contribution in [0.5, 0.6) is 0 Å². The van der Waals surface area contributed by atoms with Crippen molar-refractivity contribution in [2.45, 2.75) is 39.3 Å². The van der Waals surface area contributed by atoms with Gasteiger partial charge in [0.25, 0.3) is 0 Å². The zero-order chi connectivity index (χ0) is 13.0. The van der Waals surface area contributed by atoms with Gasteiger partial charge in [-0.2, -0.15) is 0 Å². The first-order valence-electron chi connectivity index (χ1n) is 6.30. The Hall–Kier alpha value is -1.69. The van der Waals surface area contributed by atoms with E-state index in [1.807, 2.05) is 23.4 Å². The van der Waals surface area contributed by atoms with Crippen LogP contribution in [0.1, 0.15) is 37.7 Å². The molecular weight excluding hydrogens is 228 g/mol. The molecule has 2 heterocycles. The Bertz CT molecular complexity index is 484. The fourth-order valence-corrected chi connectivity index (χ4v) is 1.90. The largest absolute Gasteiger partial charge is 0.330 e. The maximum atomic E-state index is 5.48. The van der Waals surface area contributed by atoms with Crippen molar-refractivity contribution in [2.75, 3.05) is 6.54 Å². The molecule has 0 aliphatic carbocycles. The van der Waals surface area contributed by atoms with Crippen LogP contribution < -0.4 is 5.73 Å². The predicted octanol–water partition coefficient (Wildman–Crippen LogP) is 0.995. The average Bonchev–Trinajstić information content (AvgIpc) is 2.96. The van der Waals surface area contributed by atoms with Gasteiger partial charge in [0.1, 0.15) is 0 Å². The number of nitrogens with two attached hydrogens (primary N) is 1. The van der Waals surface area contributed by atoms with E-state index < -0.39 is 0 Å². The molecule has 0 saturated carbocycles. The van der Waals surface area contributed by atoms with Crippen molar-refractivity contribution in [1.82, 2.24) is 24.5 Å². The van der Waals surface area contributed by atoms with E-state index in [2.05, 4.69) is 33.7 Å². The average molecular weight is 248 g/mol. The minimum atomic E-state index is 0.405. The minimum absolute atomic E-state index is 0.405. The van der Waals surface area contributed by atoms with E-state index in [-0.39, 0.29) is 0 Å². The van der Waals surface area contributed by atoms with Crippen molar-refractivity contribution in [3.8, 4) is 0 Å². The zero-order valence-corrected chi connectivity index (χ0v) is 11.0. The third-order valence-electron chi connectivity index (χ3n) is 2.85. The first-order chi connectivity index (χ1) is 8.70. The van der Waals surface area contributed by atoms with Crippen LogP contribution in [0.15, 0.2) is 18.7 Å². The number of hydrogen-bond donors (Lipinski definition) is 1. The van der Waals surface area contributed by atoms with Gasteiger partial charge in [0.2, 0.25) is 0 Å². The van der Waals surface area contributed by atoms with Gasteiger partial charge < -0.3 is 10.3 Å². The summed E-state index contributed by atoms with van der Waals surface area (Å²) in [4.78, 5) is 4.18. The van der Waals surface area contributed by atoms with Crippen LogP contribution in [-0.2, 0) is 13.0 Å². The highest BCUT2D eigenvalue weighted by atomic mass is 15.4. The third kappa shape index (κ3) is 2.95. The van der Waals surface area contributed by atoms with Gasteiger partial charge in [0.15, 0.2) is 0 Å². The van der Waals surface area contributed by atoms with E-state index in [1.54, 1.807) is 0 Å². The fraction of sp³-hybridized carbons (Fsp3) is 0.583. The molecular formula is C12H20N6. The Morgan fingerprint density at radius 2 is 2.22 bits per heavy atom. The SMILES string of the molecule is CC(C)n1cncc1Cn1cc(CCCN)nn1. The summed E-state index contributed by atoms with van der Waals surface area (Å²) in [5.74, 6) is 0. The topological polar surface area (TPSA) is 74.5 Å². The van der Waals surface area contributed by atoms with Gasteiger partial charge in [-0.1, -0.05) is 5.21 Å². The van der Waals surface area contributed by atoms with Gasteiger partial charge in [-0.3, -0.25) is 0 Å². The first-order valence-corrected chi connectivity index (χ1v) is 6.30. The standard InChI is InChI=1S/C12H20N6/c1-10(2)18-9-14-6-12(18)8-17-7-11(15-16-17)4-3-5-13/h6-7,9-10H,3-5,8,13H2,1-2H3. The van der Waals surface area contributed by atoms with Crippen LogP contribution in [0, 0.1) is 0 Å². The molecule has 0 aliphatic rings. The highest BCUT2D eigenvalue weighted by Crippen LogP contribution is 2.10. The van der Waals surface area contributed by atoms with Crippen molar-refractivity contribution in [2.24, 2.45) is 5.73 Å². The molecule has 0 bridgehead atoms. The molecule has 0 saturated heterocycles. The molecule has 2 aromatic rings. The lowest BCUT2D eigenvalue weighted by molar-refractivity contribution is 0.541. The van der Waals surface area contributed by atoms with Crippen LogP contribution >= 0.6 is 0 Å². The van der Waals surface area contributed by atoms with Crippen LogP contribution in [0.4, 0.5) is 0 Å². The molecule has 18 heavy (non-hydrogen) atoms. The van der Waals surface area contributed by atoms with E-state index in [0.717, 1.165) is 24.2 Å². The third-order valence-corrected chi connectivity index (χ3v) is 2.85. The lowest BCUT2D eigenvalue weighted by Crippen LogP contribution is -2.09. The Labute approximate surface area is 107 Å². The van der Waals surface area contributed by atoms with Crippen LogP contribution in [0.3, 0.4) is 0 Å². The Morgan fingerprint density at radius 1 is 1.39 bits per heavy atom. The lowest BCUT2D eigenvalue weighted by atomic mass is 10.2. The number of aromatic nitrogens is 5. The van der Waals surface area contributed by atoms with Gasteiger partial charge >= 0.3 is 0 Å². The molecule has 2 rings (SSSR count). The molecule has 0 radical (unpaired) electrons. The Balaban J connectivity index is 2.04. The van der Waals surface area contributed by atoms with Gasteiger partial charge in [-0.15, -0.1) is 5.10 Å². The second-order valence-corrected chi connectivity index (χ2v) is 4.69. The molecule has 0 aliphatic heterocycles. The summed E-state index contributed by atoms with van der Waals surface area (Å²) in [5, 5.41) is 8.27. The Morgan fingerprint density at radius 3 is 2.94 bits per heavy atom. The normalized spacial score (nSPS) is 11.3. The molecule has 6 heteroatoms. The maximum absolute atomic E-state index is 5.48. The van der Waals surface area contributed by atoms with Gasteiger partial charge in [0, 0.05) is 12.2 Å². The molecule has 0 spiro atoms. The van der Waals surface area contributed by atoms with E-state index >= 15 is 0 Å². The molecule has 0 amide bonds. The van der Waals surface area contributed by atoms with Crippen molar-refractivity contribution in [3.63, 3.8) is 0 Å². The van der Waals surface area contributed by atoms with Crippen LogP contribution in [-0.4, -0.2) is 31.1 Å². The molecule has 0 atom stereocenters. The summed E-state index contributed by atoms with van der Waals surface area (Å²) < 4.78 is 3.99. The Kier molecular flexibility index (Phi) is 4.09. The molecule has 0 fully saturated rings. The smallest absolute Gasteiger partial charge is 0.0951 e. The number of nitrogens with zero attached hydrogens (tertiary/aromatic N) is 5. The van der Waals surface area contributed by atoms with Crippen LogP contribution in [0.25, 0.3) is 0 Å². The summed E-state index contributed by atoms with van der Waals surface area (Å²) in [6, 6.07) is 0.405. The highest BCUT2D eigenvalue weighted by Gasteiger charge is 2.07. The minimum Gasteiger partial charge on any atom is -0.330 e. The summed E-state index contributed by atoms with van der Waals surface area (Å²) in [6.07, 6.45) is 7.55. The molecule has 6 nitrogen and oxygen atoms in total. The molecule has 2 aromatic heterocycles. The number of hydrogen-bond acceptors (Lipinski definition) is 4. The highest BCUT2D eigenvalue weighted by molar-refractivity contribution is 5.02. The summed E-state index contributed by atoms with van der Waals surface area (Å²) in [7, 11) is 0. The van der Waals surface area contributed by atoms with Crippen molar-refractivity contribution in [1.29, 1.82) is 0 Å². The van der Waals surface area contributed by atoms with Gasteiger partial charge in [0.05, 0.1) is 30.5 Å². The maximum Gasteiger partial charge on any atom is 0.0951 e. The predicted molar refractivity (Wildman–Crippen MR) is 69.1 cm³/mol. The fourth-order valence-electron chi connectivity index (χ4n) is 1.90. The number of imidazole rings is 1. The van der Waals surface area contributed by atoms with Crippen molar-refractivity contribution >= 4 is 0 Å². The van der Waals surface area contributed by atoms with E-state index in [9.17, 15) is 0 Å². The number of rotatable bonds is 6. The molecule has 2 N–H and O–H groups in total. The summed E-state index contributed by atoms with van der Waals surface area (Å²) in [5.41, 5.74) is 7.61. The monoisotopic (exact) mass is 248 g/mol. The molecule has 0 unspecified atom stereocenters. The van der Waals surface area contributed by atoms with Gasteiger partial charge in [-0.25, -0.2) is 9.67 Å². The second kappa shape index (κ2) is 5.77. The van der Waals surface area contributed by atoms with Crippen LogP contribution in [0.2, 0.25) is 0 Å². The van der Waals surface area contributed by atoms with E-state index in [1.165, 1.54) is 0 Å². The quantitative estimate of drug-likeness (QED) is 0.827. The zero-order valence-electron chi connectivity index (χ0n) is 11.0. The van der Waals surface area contributed by atoms with Crippen molar-refractivity contribution in [3.05, 3.63) is 30.1 Å². The molecule has 98 valence electrons. The van der Waals surface area contributed by atoms with E-state index in [4.69, 9.17) is 5.73 Å². The summed E-state index contributed by atoms with van der Waals surface area (Å²) in [6.45, 7) is 5.67. The summed E-state index contributed by atoms with van der Waals surface area (Å²) >= 11 is 0. The van der Waals surface area contributed by atoms with E-state index in [0.29, 0.717) is 19.1 Å². The number of aryl methyl sites for hydroxylation is 1. The lowest BCUT2D eigenvalue weighted by Gasteiger charge is -2.11.